The van der Waals surface area contributed by atoms with Crippen LogP contribution in [0.5, 0.6) is 11.5 Å². The van der Waals surface area contributed by atoms with E-state index in [2.05, 4.69) is 46.5 Å². The fourth-order valence-electron chi connectivity index (χ4n) is 3.06. The van der Waals surface area contributed by atoms with Gasteiger partial charge in [-0.1, -0.05) is 6.07 Å². The van der Waals surface area contributed by atoms with E-state index >= 15 is 4.39 Å². The van der Waals surface area contributed by atoms with Crippen molar-refractivity contribution >= 4 is 43.5 Å². The van der Waals surface area contributed by atoms with Gasteiger partial charge in [0.2, 0.25) is 5.96 Å². The molecule has 1 atom stereocenters. The minimum absolute atomic E-state index is 0.0363. The molecule has 1 amide bonds. The Bertz CT molecular complexity index is 1370. The molecule has 2 aromatic heterocycles. The molecular weight excluding hydrogens is 575 g/mol. The van der Waals surface area contributed by atoms with Gasteiger partial charge in [-0.15, -0.1) is 4.40 Å². The molecule has 0 fully saturated rings. The second-order valence-electron chi connectivity index (χ2n) is 7.74. The number of ether oxygens (including phenoxy) is 2. The van der Waals surface area contributed by atoms with Gasteiger partial charge in [0, 0.05) is 12.4 Å². The van der Waals surface area contributed by atoms with Gasteiger partial charge in [0.1, 0.15) is 28.7 Å². The summed E-state index contributed by atoms with van der Waals surface area (Å²) in [6, 6.07) is 7.84. The van der Waals surface area contributed by atoms with Crippen molar-refractivity contribution in [3.63, 3.8) is 0 Å². The number of aryl methyl sites for hydroxylation is 1. The monoisotopic (exact) mass is 598 g/mol. The summed E-state index contributed by atoms with van der Waals surface area (Å²) in [5, 5.41) is 2.72. The minimum Gasteiger partial charge on any atom is -0.494 e. The molecule has 0 aliphatic carbocycles. The third-order valence-corrected chi connectivity index (χ3v) is 6.48. The second-order valence-corrected chi connectivity index (χ2v) is 10.3. The van der Waals surface area contributed by atoms with Gasteiger partial charge in [-0.2, -0.15) is 0 Å². The van der Waals surface area contributed by atoms with Crippen LogP contribution in [0.1, 0.15) is 29.1 Å². The summed E-state index contributed by atoms with van der Waals surface area (Å²) in [7, 11) is -1.73. The van der Waals surface area contributed by atoms with Crippen molar-refractivity contribution in [1.29, 1.82) is 0 Å². The van der Waals surface area contributed by atoms with Crippen LogP contribution in [0.25, 0.3) is 0 Å². The number of amides is 1. The van der Waals surface area contributed by atoms with Gasteiger partial charge in [0.15, 0.2) is 17.3 Å². The van der Waals surface area contributed by atoms with Crippen LogP contribution in [0.15, 0.2) is 56.0 Å². The van der Waals surface area contributed by atoms with Crippen molar-refractivity contribution in [2.75, 3.05) is 25.3 Å². The van der Waals surface area contributed by atoms with Crippen LogP contribution >= 0.6 is 15.9 Å². The number of halogens is 2. The van der Waals surface area contributed by atoms with Crippen LogP contribution < -0.4 is 25.6 Å². The van der Waals surface area contributed by atoms with Crippen molar-refractivity contribution in [3.05, 3.63) is 64.5 Å². The lowest BCUT2D eigenvalue weighted by Crippen LogP contribution is -2.45. The lowest BCUT2D eigenvalue weighted by Gasteiger charge is -2.19. The number of hydrazine groups is 1. The Balaban J connectivity index is 1.93. The number of rotatable bonds is 8. The second kappa shape index (κ2) is 11.6. The molecule has 3 aromatic rings. The number of benzene rings is 1. The molecule has 37 heavy (non-hydrogen) atoms. The number of hydrogen-bond donors (Lipinski definition) is 3. The highest BCUT2D eigenvalue weighted by Crippen LogP contribution is 2.34. The Morgan fingerprint density at radius 2 is 1.76 bits per heavy atom. The molecule has 0 aliphatic heterocycles. The molecule has 0 aliphatic rings. The lowest BCUT2D eigenvalue weighted by molar-refractivity contribution is 0.0914. The number of hydrogen-bond acceptors (Lipinski definition) is 8. The third kappa shape index (κ3) is 7.39. The van der Waals surface area contributed by atoms with E-state index in [9.17, 15) is 13.2 Å². The number of carbonyl (C=O) groups excluding carboxylic acids is 1. The maximum absolute atomic E-state index is 15.4. The topological polar surface area (TPSA) is 157 Å². The number of methoxy groups -OCH3 is 2. The number of guanidine groups is 1. The van der Waals surface area contributed by atoms with E-state index in [0.717, 1.165) is 6.92 Å². The highest BCUT2D eigenvalue weighted by atomic mass is 79.9. The number of aromatic nitrogens is 2. The fourth-order valence-corrected chi connectivity index (χ4v) is 4.52. The van der Waals surface area contributed by atoms with Gasteiger partial charge in [-0.25, -0.2) is 22.8 Å². The standard InChI is InChI=1S/C22H24BrFN6O6S/c1-13-8-9-17(36-13)19(31)28-29-21(27-18-15(34-3)6-5-7-16(18)35-4)30-37(32,33)12-22(2,24)20-25-10-14(23)11-26-20/h5-11H,12H2,1-4H3,(H,28,31)(H2,27,29,30)/t22-/m0/s1. The fraction of sp³-hybridized carbons (Fsp3) is 0.273. The number of nitrogens with zero attached hydrogens (tertiary/aromatic N) is 3. The first-order chi connectivity index (χ1) is 17.4. The molecule has 0 saturated carbocycles. The molecule has 12 nitrogen and oxygen atoms in total. The molecule has 0 spiro atoms. The third-order valence-electron chi connectivity index (χ3n) is 4.70. The maximum atomic E-state index is 15.4. The molecular formula is C22H24BrFN6O6S. The van der Waals surface area contributed by atoms with Crippen LogP contribution in [0.3, 0.4) is 0 Å². The number of nitrogens with one attached hydrogen (secondary N) is 3. The Hall–Kier alpha value is -3.72. The van der Waals surface area contributed by atoms with Gasteiger partial charge < -0.3 is 19.2 Å². The number of carbonyl (C=O) groups is 1. The average Bonchev–Trinajstić information content (AvgIpc) is 3.28. The molecule has 198 valence electrons. The van der Waals surface area contributed by atoms with E-state index in [4.69, 9.17) is 13.9 Å². The van der Waals surface area contributed by atoms with Crippen LogP contribution in [-0.4, -0.2) is 50.2 Å². The molecule has 0 radical (unpaired) electrons. The summed E-state index contributed by atoms with van der Waals surface area (Å²) < 4.78 is 61.3. The maximum Gasteiger partial charge on any atom is 0.305 e. The highest BCUT2D eigenvalue weighted by Gasteiger charge is 2.36. The normalized spacial score (nSPS) is 13.4. The minimum atomic E-state index is -4.52. The largest absolute Gasteiger partial charge is 0.494 e. The Kier molecular flexibility index (Phi) is 8.70. The van der Waals surface area contributed by atoms with Crippen molar-refractivity contribution in [2.45, 2.75) is 19.5 Å². The molecule has 15 heteroatoms. The predicted molar refractivity (Wildman–Crippen MR) is 137 cm³/mol. The highest BCUT2D eigenvalue weighted by molar-refractivity contribution is 9.10. The van der Waals surface area contributed by atoms with Gasteiger partial charge in [-0.3, -0.25) is 15.6 Å². The number of para-hydroxylation sites is 1. The Morgan fingerprint density at radius 1 is 1.14 bits per heavy atom. The van der Waals surface area contributed by atoms with Crippen LogP contribution in [-0.2, 0) is 15.7 Å². The molecule has 0 unspecified atom stereocenters. The van der Waals surface area contributed by atoms with Crippen LogP contribution in [0.2, 0.25) is 0 Å². The van der Waals surface area contributed by atoms with Crippen LogP contribution in [0, 0.1) is 6.92 Å². The Morgan fingerprint density at radius 3 is 2.30 bits per heavy atom. The summed E-state index contributed by atoms with van der Waals surface area (Å²) in [5.41, 5.74) is 2.39. The first kappa shape index (κ1) is 27.9. The molecule has 3 rings (SSSR count). The van der Waals surface area contributed by atoms with Crippen molar-refractivity contribution in [3.8, 4) is 11.5 Å². The number of alkyl halides is 1. The molecule has 0 bridgehead atoms. The van der Waals surface area contributed by atoms with E-state index in [1.54, 1.807) is 31.2 Å². The summed E-state index contributed by atoms with van der Waals surface area (Å²) in [6.45, 7) is 2.68. The number of sulfonamides is 1. The number of anilines is 1. The average molecular weight is 599 g/mol. The predicted octanol–water partition coefficient (Wildman–Crippen LogP) is 3.07. The van der Waals surface area contributed by atoms with Crippen molar-refractivity contribution in [1.82, 2.24) is 20.8 Å². The molecule has 3 N–H and O–H groups in total. The summed E-state index contributed by atoms with van der Waals surface area (Å²) >= 11 is 3.14. The zero-order valence-corrected chi connectivity index (χ0v) is 22.6. The van der Waals surface area contributed by atoms with E-state index in [-0.39, 0.29) is 28.8 Å². The quantitative estimate of drug-likeness (QED) is 0.200. The smallest absolute Gasteiger partial charge is 0.305 e. The molecule has 1 aromatic carbocycles. The van der Waals surface area contributed by atoms with Crippen LogP contribution in [0.4, 0.5) is 10.1 Å². The van der Waals surface area contributed by atoms with Gasteiger partial charge in [-0.05, 0) is 54.0 Å². The van der Waals surface area contributed by atoms with E-state index < -0.39 is 33.3 Å². The van der Waals surface area contributed by atoms with Crippen molar-refractivity contribution < 1.29 is 31.5 Å². The summed E-state index contributed by atoms with van der Waals surface area (Å²) in [6.07, 6.45) is 2.59. The first-order valence-corrected chi connectivity index (χ1v) is 12.9. The van der Waals surface area contributed by atoms with E-state index in [1.807, 2.05) is 0 Å². The first-order valence-electron chi connectivity index (χ1n) is 10.5. The Labute approximate surface area is 220 Å². The van der Waals surface area contributed by atoms with Crippen molar-refractivity contribution in [2.24, 2.45) is 4.40 Å². The lowest BCUT2D eigenvalue weighted by atomic mass is 10.1. The van der Waals surface area contributed by atoms with Gasteiger partial charge in [0.05, 0.1) is 18.7 Å². The molecule has 0 saturated heterocycles. The molecule has 2 heterocycles. The van der Waals surface area contributed by atoms with E-state index in [0.29, 0.717) is 10.2 Å². The number of furan rings is 1. The SMILES string of the molecule is COc1cccc(OC)c1N/C(=N/S(=O)(=O)C[C@](C)(F)c1ncc(Br)cn1)NNC(=O)c1ccc(C)o1. The summed E-state index contributed by atoms with van der Waals surface area (Å²) in [5.74, 6) is -1.62. The van der Waals surface area contributed by atoms with E-state index in [1.165, 1.54) is 32.7 Å². The summed E-state index contributed by atoms with van der Waals surface area (Å²) in [4.78, 5) is 20.1. The zero-order valence-electron chi connectivity index (χ0n) is 20.2. The van der Waals surface area contributed by atoms with Gasteiger partial charge in [0.25, 0.3) is 10.0 Å². The van der Waals surface area contributed by atoms with Gasteiger partial charge >= 0.3 is 5.91 Å². The zero-order chi connectivity index (χ0) is 27.2.